The van der Waals surface area contributed by atoms with E-state index in [1.165, 1.54) is 37.9 Å². The van der Waals surface area contributed by atoms with Crippen LogP contribution in [-0.4, -0.2) is 61.1 Å². The van der Waals surface area contributed by atoms with E-state index in [0.29, 0.717) is 6.04 Å². The SMILES string of the molecule is CCCN1CCCC1c1ccc(N2CCN(C)CC2)nc1. The van der Waals surface area contributed by atoms with E-state index in [1.807, 2.05) is 0 Å². The molecule has 0 N–H and O–H groups in total. The van der Waals surface area contributed by atoms with E-state index in [9.17, 15) is 0 Å². The third-order valence-electron chi connectivity index (χ3n) is 4.86. The minimum atomic E-state index is 0.596. The number of aromatic nitrogens is 1. The van der Waals surface area contributed by atoms with E-state index in [-0.39, 0.29) is 0 Å². The minimum Gasteiger partial charge on any atom is -0.354 e. The molecule has 2 fully saturated rings. The molecule has 0 bridgehead atoms. The van der Waals surface area contributed by atoms with Gasteiger partial charge in [-0.15, -0.1) is 0 Å². The predicted octanol–water partition coefficient (Wildman–Crippen LogP) is 2.38. The summed E-state index contributed by atoms with van der Waals surface area (Å²) in [5.74, 6) is 1.15. The maximum absolute atomic E-state index is 4.75. The van der Waals surface area contributed by atoms with Crippen LogP contribution in [0.5, 0.6) is 0 Å². The number of nitrogens with zero attached hydrogens (tertiary/aromatic N) is 4. The van der Waals surface area contributed by atoms with E-state index >= 15 is 0 Å². The highest BCUT2D eigenvalue weighted by Gasteiger charge is 2.25. The second-order valence-corrected chi connectivity index (χ2v) is 6.43. The van der Waals surface area contributed by atoms with Gasteiger partial charge in [-0.2, -0.15) is 0 Å². The molecule has 1 unspecified atom stereocenters. The number of piperazine rings is 1. The summed E-state index contributed by atoms with van der Waals surface area (Å²) in [6.07, 6.45) is 5.97. The predicted molar refractivity (Wildman–Crippen MR) is 87.8 cm³/mol. The summed E-state index contributed by atoms with van der Waals surface area (Å²) in [5.41, 5.74) is 1.40. The number of hydrogen-bond acceptors (Lipinski definition) is 4. The first-order chi connectivity index (χ1) is 10.3. The van der Waals surface area contributed by atoms with Gasteiger partial charge in [0.15, 0.2) is 0 Å². The number of likely N-dealkylation sites (tertiary alicyclic amines) is 1. The van der Waals surface area contributed by atoms with Crippen LogP contribution in [0.1, 0.15) is 37.8 Å². The molecule has 0 saturated carbocycles. The van der Waals surface area contributed by atoms with Crippen LogP contribution in [0.2, 0.25) is 0 Å². The molecule has 0 radical (unpaired) electrons. The zero-order chi connectivity index (χ0) is 14.7. The molecule has 21 heavy (non-hydrogen) atoms. The first kappa shape index (κ1) is 14.8. The molecule has 3 heterocycles. The van der Waals surface area contributed by atoms with Gasteiger partial charge >= 0.3 is 0 Å². The van der Waals surface area contributed by atoms with Crippen molar-refractivity contribution in [1.82, 2.24) is 14.8 Å². The van der Waals surface area contributed by atoms with Gasteiger partial charge in [-0.05, 0) is 51.0 Å². The van der Waals surface area contributed by atoms with Gasteiger partial charge in [-0.3, -0.25) is 4.90 Å². The quantitative estimate of drug-likeness (QED) is 0.848. The molecule has 2 aliphatic heterocycles. The van der Waals surface area contributed by atoms with Gasteiger partial charge in [0.25, 0.3) is 0 Å². The highest BCUT2D eigenvalue weighted by molar-refractivity contribution is 5.40. The number of hydrogen-bond donors (Lipinski definition) is 0. The fraction of sp³-hybridized carbons (Fsp3) is 0.706. The van der Waals surface area contributed by atoms with Crippen LogP contribution in [-0.2, 0) is 0 Å². The van der Waals surface area contributed by atoms with Crippen molar-refractivity contribution in [2.45, 2.75) is 32.2 Å². The molecule has 1 atom stereocenters. The van der Waals surface area contributed by atoms with Crippen LogP contribution in [0, 0.1) is 0 Å². The molecule has 4 heteroatoms. The minimum absolute atomic E-state index is 0.596. The van der Waals surface area contributed by atoms with Gasteiger partial charge in [0.05, 0.1) is 0 Å². The molecule has 2 saturated heterocycles. The Labute approximate surface area is 128 Å². The molecule has 1 aromatic rings. The van der Waals surface area contributed by atoms with Crippen LogP contribution >= 0.6 is 0 Å². The average Bonchev–Trinajstić information content (AvgIpc) is 2.97. The summed E-state index contributed by atoms with van der Waals surface area (Å²) in [4.78, 5) is 12.2. The fourth-order valence-electron chi connectivity index (χ4n) is 3.58. The smallest absolute Gasteiger partial charge is 0.128 e. The molecular weight excluding hydrogens is 260 g/mol. The Bertz CT molecular complexity index is 437. The van der Waals surface area contributed by atoms with Crippen molar-refractivity contribution in [2.75, 3.05) is 51.2 Å². The first-order valence-corrected chi connectivity index (χ1v) is 8.41. The zero-order valence-corrected chi connectivity index (χ0v) is 13.5. The van der Waals surface area contributed by atoms with Crippen molar-refractivity contribution < 1.29 is 0 Å². The van der Waals surface area contributed by atoms with Gasteiger partial charge in [-0.1, -0.05) is 13.0 Å². The normalized spacial score (nSPS) is 24.7. The van der Waals surface area contributed by atoms with Crippen LogP contribution in [0.4, 0.5) is 5.82 Å². The van der Waals surface area contributed by atoms with Gasteiger partial charge in [0, 0.05) is 38.4 Å². The monoisotopic (exact) mass is 288 g/mol. The Kier molecular flexibility index (Phi) is 4.76. The Morgan fingerprint density at radius 1 is 1.14 bits per heavy atom. The summed E-state index contributed by atoms with van der Waals surface area (Å²) in [7, 11) is 2.19. The van der Waals surface area contributed by atoms with Gasteiger partial charge < -0.3 is 9.80 Å². The van der Waals surface area contributed by atoms with Gasteiger partial charge in [-0.25, -0.2) is 4.98 Å². The van der Waals surface area contributed by atoms with Crippen molar-refractivity contribution in [2.24, 2.45) is 0 Å². The van der Waals surface area contributed by atoms with E-state index in [0.717, 1.165) is 32.0 Å². The Hall–Kier alpha value is -1.13. The summed E-state index contributed by atoms with van der Waals surface area (Å²) in [5, 5.41) is 0. The van der Waals surface area contributed by atoms with Crippen LogP contribution in [0.15, 0.2) is 18.3 Å². The van der Waals surface area contributed by atoms with E-state index in [4.69, 9.17) is 4.98 Å². The third-order valence-corrected chi connectivity index (χ3v) is 4.86. The molecule has 1 aromatic heterocycles. The highest BCUT2D eigenvalue weighted by atomic mass is 15.3. The summed E-state index contributed by atoms with van der Waals surface area (Å²) >= 11 is 0. The molecular formula is C17H28N4. The lowest BCUT2D eigenvalue weighted by atomic mass is 10.1. The van der Waals surface area contributed by atoms with Crippen molar-refractivity contribution in [1.29, 1.82) is 0 Å². The molecule has 0 aromatic carbocycles. The topological polar surface area (TPSA) is 22.6 Å². The Balaban J connectivity index is 1.66. The van der Waals surface area contributed by atoms with Gasteiger partial charge in [0.2, 0.25) is 0 Å². The Morgan fingerprint density at radius 3 is 2.62 bits per heavy atom. The van der Waals surface area contributed by atoms with Gasteiger partial charge in [0.1, 0.15) is 5.82 Å². The summed E-state index contributed by atoms with van der Waals surface area (Å²) < 4.78 is 0. The lowest BCUT2D eigenvalue weighted by molar-refractivity contribution is 0.257. The standard InChI is InChI=1S/C17H28N4/c1-3-8-20-9-4-5-16(20)15-6-7-17(18-14-15)21-12-10-19(2)11-13-21/h6-7,14,16H,3-5,8-13H2,1-2H3. The van der Waals surface area contributed by atoms with Crippen molar-refractivity contribution in [3.05, 3.63) is 23.9 Å². The van der Waals surface area contributed by atoms with Crippen LogP contribution < -0.4 is 4.90 Å². The number of rotatable bonds is 4. The maximum atomic E-state index is 4.75. The molecule has 2 aliphatic rings. The van der Waals surface area contributed by atoms with E-state index in [1.54, 1.807) is 0 Å². The summed E-state index contributed by atoms with van der Waals surface area (Å²) in [6, 6.07) is 5.13. The molecule has 4 nitrogen and oxygen atoms in total. The largest absolute Gasteiger partial charge is 0.354 e. The van der Waals surface area contributed by atoms with E-state index in [2.05, 4.69) is 47.0 Å². The number of anilines is 1. The van der Waals surface area contributed by atoms with Crippen molar-refractivity contribution >= 4 is 5.82 Å². The lowest BCUT2D eigenvalue weighted by Crippen LogP contribution is -2.44. The average molecular weight is 288 g/mol. The van der Waals surface area contributed by atoms with Crippen molar-refractivity contribution in [3.8, 4) is 0 Å². The molecule has 0 amide bonds. The second-order valence-electron chi connectivity index (χ2n) is 6.43. The zero-order valence-electron chi connectivity index (χ0n) is 13.5. The van der Waals surface area contributed by atoms with Crippen LogP contribution in [0.3, 0.4) is 0 Å². The fourth-order valence-corrected chi connectivity index (χ4v) is 3.58. The number of pyridine rings is 1. The Morgan fingerprint density at radius 2 is 1.95 bits per heavy atom. The highest BCUT2D eigenvalue weighted by Crippen LogP contribution is 2.32. The van der Waals surface area contributed by atoms with Crippen molar-refractivity contribution in [3.63, 3.8) is 0 Å². The first-order valence-electron chi connectivity index (χ1n) is 8.41. The van der Waals surface area contributed by atoms with Crippen LogP contribution in [0.25, 0.3) is 0 Å². The lowest BCUT2D eigenvalue weighted by Gasteiger charge is -2.33. The third kappa shape index (κ3) is 3.38. The summed E-state index contributed by atoms with van der Waals surface area (Å²) in [6.45, 7) is 9.18. The van der Waals surface area contributed by atoms with E-state index < -0.39 is 0 Å². The second kappa shape index (κ2) is 6.75. The number of likely N-dealkylation sites (N-methyl/N-ethyl adjacent to an activating group) is 1. The molecule has 0 aliphatic carbocycles. The molecule has 0 spiro atoms. The molecule has 116 valence electrons. The maximum Gasteiger partial charge on any atom is 0.128 e. The molecule has 3 rings (SSSR count).